The Balaban J connectivity index is 1.53. The van der Waals surface area contributed by atoms with Crippen LogP contribution in [0.1, 0.15) is 27.0 Å². The van der Waals surface area contributed by atoms with Gasteiger partial charge in [-0.05, 0) is 66.6 Å². The third-order valence-corrected chi connectivity index (χ3v) is 5.29. The summed E-state index contributed by atoms with van der Waals surface area (Å²) >= 11 is 0. The van der Waals surface area contributed by atoms with Crippen LogP contribution in [-0.2, 0) is 6.61 Å². The van der Waals surface area contributed by atoms with Crippen LogP contribution in [0.2, 0.25) is 0 Å². The number of ether oxygens (including phenoxy) is 2. The zero-order valence-electron chi connectivity index (χ0n) is 17.9. The van der Waals surface area contributed by atoms with Gasteiger partial charge in [0.05, 0.1) is 7.11 Å². The first-order valence-corrected chi connectivity index (χ1v) is 10.2. The first-order chi connectivity index (χ1) is 15.0. The average molecular weight is 412 g/mol. The maximum Gasteiger partial charge on any atom is 0.255 e. The van der Waals surface area contributed by atoms with Crippen LogP contribution in [-0.4, -0.2) is 13.0 Å². The number of nitrogens with one attached hydrogen (secondary N) is 1. The first-order valence-electron chi connectivity index (χ1n) is 10.2. The van der Waals surface area contributed by atoms with Gasteiger partial charge in [0.1, 0.15) is 18.1 Å². The van der Waals surface area contributed by atoms with Gasteiger partial charge in [0.25, 0.3) is 5.91 Å². The van der Waals surface area contributed by atoms with Crippen LogP contribution in [0.15, 0.2) is 78.9 Å². The minimum absolute atomic E-state index is 0.165. The smallest absolute Gasteiger partial charge is 0.255 e. The summed E-state index contributed by atoms with van der Waals surface area (Å²) in [5.41, 5.74) is 4.36. The molecule has 0 heterocycles. The summed E-state index contributed by atoms with van der Waals surface area (Å²) in [4.78, 5) is 12.8. The second-order valence-corrected chi connectivity index (χ2v) is 7.60. The molecular formula is C27H25NO3. The van der Waals surface area contributed by atoms with Crippen molar-refractivity contribution in [3.8, 4) is 11.5 Å². The quantitative estimate of drug-likeness (QED) is 0.405. The van der Waals surface area contributed by atoms with Crippen molar-refractivity contribution >= 4 is 22.4 Å². The number of carbonyl (C=O) groups excluding carboxylic acids is 1. The average Bonchev–Trinajstić information content (AvgIpc) is 2.79. The number of hydrogen-bond acceptors (Lipinski definition) is 3. The molecule has 0 spiro atoms. The van der Waals surface area contributed by atoms with Gasteiger partial charge in [-0.2, -0.15) is 0 Å². The molecule has 0 unspecified atom stereocenters. The summed E-state index contributed by atoms with van der Waals surface area (Å²) in [5, 5.41) is 5.28. The minimum Gasteiger partial charge on any atom is -0.496 e. The molecule has 4 rings (SSSR count). The van der Waals surface area contributed by atoms with Crippen LogP contribution in [0.4, 0.5) is 5.69 Å². The van der Waals surface area contributed by atoms with Gasteiger partial charge < -0.3 is 14.8 Å². The molecule has 4 nitrogen and oxygen atoms in total. The number of carbonyl (C=O) groups is 1. The van der Waals surface area contributed by atoms with Crippen molar-refractivity contribution in [1.29, 1.82) is 0 Å². The minimum atomic E-state index is -0.165. The molecule has 0 aliphatic heterocycles. The number of rotatable bonds is 6. The number of hydrogen-bond donors (Lipinski definition) is 1. The molecule has 0 radical (unpaired) electrons. The Labute approximate surface area is 182 Å². The van der Waals surface area contributed by atoms with E-state index in [0.29, 0.717) is 17.9 Å². The second kappa shape index (κ2) is 8.92. The molecule has 0 aromatic heterocycles. The standard InChI is InChI=1S/C27H25NO3/c1-18-8-12-25(19(2)14-18)28-27(29)22-10-13-26(30-3)23(15-22)17-31-24-11-9-20-6-4-5-7-21(20)16-24/h4-16H,17H2,1-3H3,(H,28,29). The third kappa shape index (κ3) is 4.69. The molecule has 0 atom stereocenters. The van der Waals surface area contributed by atoms with Gasteiger partial charge in [0.15, 0.2) is 0 Å². The van der Waals surface area contributed by atoms with E-state index in [1.54, 1.807) is 19.2 Å². The number of aryl methyl sites for hydroxylation is 2. The van der Waals surface area contributed by atoms with Gasteiger partial charge in [-0.15, -0.1) is 0 Å². The topological polar surface area (TPSA) is 47.6 Å². The summed E-state index contributed by atoms with van der Waals surface area (Å²) < 4.78 is 11.5. The normalized spacial score (nSPS) is 10.7. The fourth-order valence-corrected chi connectivity index (χ4v) is 3.60. The number of amides is 1. The first kappa shape index (κ1) is 20.5. The Kier molecular flexibility index (Phi) is 5.89. The highest BCUT2D eigenvalue weighted by Crippen LogP contribution is 2.25. The lowest BCUT2D eigenvalue weighted by Gasteiger charge is -2.13. The van der Waals surface area contributed by atoms with Gasteiger partial charge in [0, 0.05) is 16.8 Å². The number of fused-ring (bicyclic) bond motifs is 1. The van der Waals surface area contributed by atoms with E-state index in [-0.39, 0.29) is 5.91 Å². The highest BCUT2D eigenvalue weighted by molar-refractivity contribution is 6.04. The van der Waals surface area contributed by atoms with Gasteiger partial charge in [0.2, 0.25) is 0 Å². The van der Waals surface area contributed by atoms with Crippen molar-refractivity contribution in [2.45, 2.75) is 20.5 Å². The highest BCUT2D eigenvalue weighted by atomic mass is 16.5. The van der Waals surface area contributed by atoms with Crippen molar-refractivity contribution in [1.82, 2.24) is 0 Å². The Morgan fingerprint density at radius 2 is 1.68 bits per heavy atom. The lowest BCUT2D eigenvalue weighted by molar-refractivity contribution is 0.102. The van der Waals surface area contributed by atoms with Crippen LogP contribution in [0.5, 0.6) is 11.5 Å². The van der Waals surface area contributed by atoms with E-state index >= 15 is 0 Å². The highest BCUT2D eigenvalue weighted by Gasteiger charge is 2.12. The predicted molar refractivity (Wildman–Crippen MR) is 125 cm³/mol. The van der Waals surface area contributed by atoms with Crippen LogP contribution >= 0.6 is 0 Å². The largest absolute Gasteiger partial charge is 0.496 e. The van der Waals surface area contributed by atoms with Crippen LogP contribution in [0.25, 0.3) is 10.8 Å². The van der Waals surface area contributed by atoms with Crippen LogP contribution in [0, 0.1) is 13.8 Å². The third-order valence-electron chi connectivity index (χ3n) is 5.29. The molecule has 0 aliphatic carbocycles. The Hall–Kier alpha value is -3.79. The predicted octanol–water partition coefficient (Wildman–Crippen LogP) is 6.30. The van der Waals surface area contributed by atoms with Gasteiger partial charge in [-0.25, -0.2) is 0 Å². The molecule has 1 amide bonds. The number of benzene rings is 4. The molecule has 0 bridgehead atoms. The fraction of sp³-hybridized carbons (Fsp3) is 0.148. The Morgan fingerprint density at radius 1 is 0.871 bits per heavy atom. The lowest BCUT2D eigenvalue weighted by Crippen LogP contribution is -2.13. The SMILES string of the molecule is COc1ccc(C(=O)Nc2ccc(C)cc2C)cc1COc1ccc2ccccc2c1. The number of anilines is 1. The van der Waals surface area contributed by atoms with E-state index in [1.807, 2.05) is 68.4 Å². The fourth-order valence-electron chi connectivity index (χ4n) is 3.60. The van der Waals surface area contributed by atoms with E-state index in [9.17, 15) is 4.79 Å². The maximum atomic E-state index is 12.8. The van der Waals surface area contributed by atoms with Crippen LogP contribution < -0.4 is 14.8 Å². The molecule has 4 aromatic rings. The summed E-state index contributed by atoms with van der Waals surface area (Å²) in [6, 6.07) is 25.5. The molecule has 1 N–H and O–H groups in total. The van der Waals surface area contributed by atoms with Crippen molar-refractivity contribution in [3.05, 3.63) is 101 Å². The molecule has 0 saturated carbocycles. The Morgan fingerprint density at radius 3 is 2.45 bits per heavy atom. The monoisotopic (exact) mass is 411 g/mol. The molecule has 0 saturated heterocycles. The maximum absolute atomic E-state index is 12.8. The van der Waals surface area contributed by atoms with Crippen molar-refractivity contribution < 1.29 is 14.3 Å². The van der Waals surface area contributed by atoms with E-state index in [1.165, 1.54) is 0 Å². The number of methoxy groups -OCH3 is 1. The molecule has 156 valence electrons. The lowest BCUT2D eigenvalue weighted by atomic mass is 10.1. The molecule has 31 heavy (non-hydrogen) atoms. The van der Waals surface area contributed by atoms with Crippen molar-refractivity contribution in [2.75, 3.05) is 12.4 Å². The van der Waals surface area contributed by atoms with E-state index in [2.05, 4.69) is 17.4 Å². The van der Waals surface area contributed by atoms with Gasteiger partial charge in [-0.1, -0.05) is 48.0 Å². The van der Waals surface area contributed by atoms with Crippen LogP contribution in [0.3, 0.4) is 0 Å². The van der Waals surface area contributed by atoms with Crippen molar-refractivity contribution in [2.24, 2.45) is 0 Å². The second-order valence-electron chi connectivity index (χ2n) is 7.60. The summed E-state index contributed by atoms with van der Waals surface area (Å²) in [7, 11) is 1.62. The summed E-state index contributed by atoms with van der Waals surface area (Å²) in [5.74, 6) is 1.29. The molecule has 0 aliphatic rings. The van der Waals surface area contributed by atoms with E-state index in [0.717, 1.165) is 38.9 Å². The van der Waals surface area contributed by atoms with E-state index in [4.69, 9.17) is 9.47 Å². The molecular weight excluding hydrogens is 386 g/mol. The molecule has 4 heteroatoms. The van der Waals surface area contributed by atoms with E-state index < -0.39 is 0 Å². The summed E-state index contributed by atoms with van der Waals surface area (Å²) in [6.45, 7) is 4.32. The Bertz CT molecular complexity index is 1250. The summed E-state index contributed by atoms with van der Waals surface area (Å²) in [6.07, 6.45) is 0. The van der Waals surface area contributed by atoms with Gasteiger partial charge >= 0.3 is 0 Å². The molecule has 4 aromatic carbocycles. The zero-order chi connectivity index (χ0) is 21.8. The van der Waals surface area contributed by atoms with Gasteiger partial charge in [-0.3, -0.25) is 4.79 Å². The molecule has 0 fully saturated rings. The van der Waals surface area contributed by atoms with Crippen molar-refractivity contribution in [3.63, 3.8) is 0 Å². The zero-order valence-corrected chi connectivity index (χ0v) is 17.9.